The molecule has 0 aliphatic carbocycles. The van der Waals surface area contributed by atoms with Gasteiger partial charge in [-0.05, 0) is 83.5 Å². The van der Waals surface area contributed by atoms with Crippen molar-refractivity contribution in [3.8, 4) is 0 Å². The van der Waals surface area contributed by atoms with Crippen LogP contribution in [0.25, 0.3) is 0 Å². The van der Waals surface area contributed by atoms with Crippen molar-refractivity contribution >= 4 is 19.8 Å². The molecule has 2 atom stereocenters. The Hall–Kier alpha value is -2.55. The molecule has 0 aromatic rings. The molecule has 0 aliphatic rings. The summed E-state index contributed by atoms with van der Waals surface area (Å²) in [6.45, 7) is 3.49. The van der Waals surface area contributed by atoms with E-state index in [9.17, 15) is 19.0 Å². The monoisotopic (exact) mass is 735 g/mol. The molecule has 0 saturated heterocycles. The molecule has 1 unspecified atom stereocenters. The first kappa shape index (κ1) is 48.5. The van der Waals surface area contributed by atoms with E-state index in [1.54, 1.807) is 0 Å². The second-order valence-corrected chi connectivity index (χ2v) is 13.9. The van der Waals surface area contributed by atoms with E-state index in [2.05, 4.69) is 86.8 Å². The molecule has 0 fully saturated rings. The van der Waals surface area contributed by atoms with E-state index in [1.165, 1.54) is 38.5 Å². The number of unbranched alkanes of at least 4 members (excludes halogenated alkanes) is 10. The highest BCUT2D eigenvalue weighted by Crippen LogP contribution is 2.43. The predicted molar refractivity (Wildman–Crippen MR) is 210 cm³/mol. The van der Waals surface area contributed by atoms with Gasteiger partial charge in [-0.3, -0.25) is 18.6 Å². The Bertz CT molecular complexity index is 1070. The van der Waals surface area contributed by atoms with Crippen molar-refractivity contribution in [2.24, 2.45) is 5.73 Å². The fourth-order valence-corrected chi connectivity index (χ4v) is 5.48. The minimum Gasteiger partial charge on any atom is -0.462 e. The molecule has 0 heterocycles. The molecule has 0 aliphatic heterocycles. The van der Waals surface area contributed by atoms with Crippen molar-refractivity contribution in [2.45, 2.75) is 148 Å². The van der Waals surface area contributed by atoms with E-state index < -0.39 is 32.5 Å². The third-order valence-electron chi connectivity index (χ3n) is 7.58. The summed E-state index contributed by atoms with van der Waals surface area (Å²) in [5, 5.41) is 0. The first-order valence-corrected chi connectivity index (χ1v) is 20.9. The standard InChI is InChI=1S/C41H70NO8P/c1-3-5-7-9-11-13-15-17-19-21-23-25-27-29-31-33-40(43)47-37-39(38-49-51(45,46)48-36-35-42)50-41(44)34-32-30-28-26-24-22-20-18-16-14-12-10-8-6-4-2/h6,8,12,14,17-20,23-26,39H,3-5,7,9-11,13,15-16,21-22,27-38,42H2,1-2H3,(H,45,46)/b8-6+,14-12+,19-17+,20-18+,25-23+,26-24+/t39-/m1/s1. The number of esters is 2. The van der Waals surface area contributed by atoms with Crippen LogP contribution < -0.4 is 5.73 Å². The highest BCUT2D eigenvalue weighted by atomic mass is 31.2. The first-order valence-electron chi connectivity index (χ1n) is 19.4. The molecule has 10 heteroatoms. The van der Waals surface area contributed by atoms with Gasteiger partial charge in [0.15, 0.2) is 6.10 Å². The van der Waals surface area contributed by atoms with Gasteiger partial charge in [-0.2, -0.15) is 0 Å². The smallest absolute Gasteiger partial charge is 0.462 e. The van der Waals surface area contributed by atoms with Gasteiger partial charge in [0.1, 0.15) is 6.61 Å². The molecule has 0 radical (unpaired) electrons. The topological polar surface area (TPSA) is 134 Å². The van der Waals surface area contributed by atoms with Crippen molar-refractivity contribution < 1.29 is 37.6 Å². The lowest BCUT2D eigenvalue weighted by Gasteiger charge is -2.19. The van der Waals surface area contributed by atoms with Crippen LogP contribution in [0.4, 0.5) is 0 Å². The highest BCUT2D eigenvalue weighted by molar-refractivity contribution is 7.47. The van der Waals surface area contributed by atoms with Gasteiger partial charge in [-0.15, -0.1) is 0 Å². The third kappa shape index (κ3) is 37.0. The normalized spacial score (nSPS) is 14.2. The van der Waals surface area contributed by atoms with Gasteiger partial charge in [0.05, 0.1) is 13.2 Å². The Morgan fingerprint density at radius 2 is 1.08 bits per heavy atom. The van der Waals surface area contributed by atoms with Gasteiger partial charge in [-0.25, -0.2) is 4.57 Å². The zero-order valence-corrected chi connectivity index (χ0v) is 32.7. The van der Waals surface area contributed by atoms with Crippen LogP contribution in [0.3, 0.4) is 0 Å². The lowest BCUT2D eigenvalue weighted by Crippen LogP contribution is -2.29. The fourth-order valence-electron chi connectivity index (χ4n) is 4.71. The number of carbonyl (C=O) groups is 2. The molecule has 9 nitrogen and oxygen atoms in total. The van der Waals surface area contributed by atoms with E-state index in [0.717, 1.165) is 64.2 Å². The maximum atomic E-state index is 12.5. The van der Waals surface area contributed by atoms with Gasteiger partial charge in [0.25, 0.3) is 0 Å². The summed E-state index contributed by atoms with van der Waals surface area (Å²) in [5.74, 6) is -0.924. The predicted octanol–water partition coefficient (Wildman–Crippen LogP) is 10.7. The number of phosphoric ester groups is 1. The van der Waals surface area contributed by atoms with Crippen LogP contribution in [0, 0.1) is 0 Å². The molecule has 0 saturated carbocycles. The van der Waals surface area contributed by atoms with Crippen LogP contribution in [0.1, 0.15) is 142 Å². The maximum Gasteiger partial charge on any atom is 0.472 e. The van der Waals surface area contributed by atoms with Crippen molar-refractivity contribution in [3.05, 3.63) is 72.9 Å². The summed E-state index contributed by atoms with van der Waals surface area (Å²) >= 11 is 0. The molecule has 0 spiro atoms. The van der Waals surface area contributed by atoms with Crippen LogP contribution in [-0.4, -0.2) is 49.3 Å². The molecule has 0 bridgehead atoms. The van der Waals surface area contributed by atoms with Crippen molar-refractivity contribution in [3.63, 3.8) is 0 Å². The molecule has 292 valence electrons. The summed E-state index contributed by atoms with van der Waals surface area (Å²) in [6.07, 6.45) is 43.7. The Balaban J connectivity index is 4.36. The van der Waals surface area contributed by atoms with E-state index >= 15 is 0 Å². The van der Waals surface area contributed by atoms with Crippen molar-refractivity contribution in [2.75, 3.05) is 26.4 Å². The third-order valence-corrected chi connectivity index (χ3v) is 8.56. The van der Waals surface area contributed by atoms with Crippen molar-refractivity contribution in [1.82, 2.24) is 0 Å². The van der Waals surface area contributed by atoms with Crippen LogP contribution in [-0.2, 0) is 32.7 Å². The number of hydrogen-bond donors (Lipinski definition) is 2. The largest absolute Gasteiger partial charge is 0.472 e. The number of ether oxygens (including phenoxy) is 2. The lowest BCUT2D eigenvalue weighted by molar-refractivity contribution is -0.161. The second kappa shape index (κ2) is 37.2. The molecule has 0 rings (SSSR count). The number of hydrogen-bond acceptors (Lipinski definition) is 8. The van der Waals surface area contributed by atoms with Crippen LogP contribution in [0.15, 0.2) is 72.9 Å². The fraction of sp³-hybridized carbons (Fsp3) is 0.659. The maximum absolute atomic E-state index is 12.5. The number of allylic oxidation sites excluding steroid dienone is 12. The van der Waals surface area contributed by atoms with E-state index in [4.69, 9.17) is 24.3 Å². The minimum atomic E-state index is -4.39. The Labute approximate surface area is 310 Å². The summed E-state index contributed by atoms with van der Waals surface area (Å²) < 4.78 is 32.6. The van der Waals surface area contributed by atoms with Gasteiger partial charge in [-0.1, -0.05) is 119 Å². The quantitative estimate of drug-likeness (QED) is 0.0282. The summed E-state index contributed by atoms with van der Waals surface area (Å²) in [4.78, 5) is 34.7. The van der Waals surface area contributed by atoms with E-state index in [1.807, 2.05) is 0 Å². The molecule has 3 N–H and O–H groups in total. The second-order valence-electron chi connectivity index (χ2n) is 12.4. The number of phosphoric acid groups is 1. The molecule has 0 amide bonds. The molecule has 51 heavy (non-hydrogen) atoms. The van der Waals surface area contributed by atoms with E-state index in [0.29, 0.717) is 12.8 Å². The Morgan fingerprint density at radius 1 is 0.608 bits per heavy atom. The van der Waals surface area contributed by atoms with Gasteiger partial charge in [0.2, 0.25) is 0 Å². The SMILES string of the molecule is CC/C=C/C/C=C/C/C=C/C/C=C/CCCCC(=O)O[C@H](COC(=O)CCCC/C=C/C/C=C/CCCCCCCC)COP(=O)(O)OCCN. The minimum absolute atomic E-state index is 0.0387. The number of rotatable bonds is 35. The average molecular weight is 736 g/mol. The zero-order valence-electron chi connectivity index (χ0n) is 31.8. The van der Waals surface area contributed by atoms with Crippen LogP contribution in [0.5, 0.6) is 0 Å². The average Bonchev–Trinajstić information content (AvgIpc) is 3.11. The first-order chi connectivity index (χ1) is 24.8. The summed E-state index contributed by atoms with van der Waals surface area (Å²) in [6, 6.07) is 0. The number of carbonyl (C=O) groups excluding carboxylic acids is 2. The van der Waals surface area contributed by atoms with Gasteiger partial charge in [0, 0.05) is 19.4 Å². The molecular formula is C41H70NO8P. The molecule has 0 aromatic heterocycles. The van der Waals surface area contributed by atoms with Gasteiger partial charge < -0.3 is 20.1 Å². The highest BCUT2D eigenvalue weighted by Gasteiger charge is 2.25. The lowest BCUT2D eigenvalue weighted by atomic mass is 10.1. The zero-order chi connectivity index (χ0) is 37.5. The summed E-state index contributed by atoms with van der Waals surface area (Å²) in [5.41, 5.74) is 5.33. The Morgan fingerprint density at radius 3 is 1.61 bits per heavy atom. The molecule has 0 aromatic carbocycles. The van der Waals surface area contributed by atoms with Crippen molar-refractivity contribution in [1.29, 1.82) is 0 Å². The van der Waals surface area contributed by atoms with Gasteiger partial charge >= 0.3 is 19.8 Å². The molecular weight excluding hydrogens is 665 g/mol. The Kier molecular flexibility index (Phi) is 35.4. The van der Waals surface area contributed by atoms with Crippen LogP contribution >= 0.6 is 7.82 Å². The van der Waals surface area contributed by atoms with Crippen LogP contribution in [0.2, 0.25) is 0 Å². The number of nitrogens with two attached hydrogens (primary N) is 1. The van der Waals surface area contributed by atoms with E-state index in [-0.39, 0.29) is 32.6 Å². The summed E-state index contributed by atoms with van der Waals surface area (Å²) in [7, 11) is -4.39.